The minimum Gasteiger partial charge on any atom is -0.388 e. The SMILES string of the molecule is CC(C)CCCC(O)c1ccnc(Cl)c1. The molecule has 0 aliphatic heterocycles. The average Bonchev–Trinajstić information content (AvgIpc) is 2.17. The Hall–Kier alpha value is -0.600. The van der Waals surface area contributed by atoms with Crippen LogP contribution in [-0.4, -0.2) is 10.1 Å². The molecule has 0 saturated carbocycles. The minimum atomic E-state index is -0.413. The second kappa shape index (κ2) is 6.09. The smallest absolute Gasteiger partial charge is 0.129 e. The van der Waals surface area contributed by atoms with Crippen molar-refractivity contribution in [2.45, 2.75) is 39.2 Å². The number of aromatic nitrogens is 1. The van der Waals surface area contributed by atoms with Gasteiger partial charge in [-0.1, -0.05) is 38.3 Å². The van der Waals surface area contributed by atoms with Gasteiger partial charge in [-0.05, 0) is 30.0 Å². The highest BCUT2D eigenvalue weighted by atomic mass is 35.5. The molecule has 0 amide bonds. The summed E-state index contributed by atoms with van der Waals surface area (Å²) < 4.78 is 0. The maximum atomic E-state index is 9.87. The van der Waals surface area contributed by atoms with Crippen LogP contribution < -0.4 is 0 Å². The summed E-state index contributed by atoms with van der Waals surface area (Å²) >= 11 is 5.75. The topological polar surface area (TPSA) is 33.1 Å². The normalized spacial score (nSPS) is 13.1. The van der Waals surface area contributed by atoms with E-state index < -0.39 is 6.10 Å². The Balaban J connectivity index is 2.43. The first-order valence-electron chi connectivity index (χ1n) is 5.39. The number of aliphatic hydroxyl groups excluding tert-OH is 1. The Bertz CT molecular complexity index is 301. The van der Waals surface area contributed by atoms with Crippen LogP contribution in [0.1, 0.15) is 44.8 Å². The van der Waals surface area contributed by atoms with Crippen LogP contribution in [0.15, 0.2) is 18.3 Å². The van der Waals surface area contributed by atoms with E-state index >= 15 is 0 Å². The van der Waals surface area contributed by atoms with Crippen LogP contribution in [0.5, 0.6) is 0 Å². The predicted molar refractivity (Wildman–Crippen MR) is 62.9 cm³/mol. The van der Waals surface area contributed by atoms with Gasteiger partial charge in [0.25, 0.3) is 0 Å². The molecule has 0 aliphatic carbocycles. The maximum absolute atomic E-state index is 9.87. The Morgan fingerprint density at radius 1 is 1.40 bits per heavy atom. The summed E-state index contributed by atoms with van der Waals surface area (Å²) in [5, 5.41) is 10.3. The monoisotopic (exact) mass is 227 g/mol. The lowest BCUT2D eigenvalue weighted by Gasteiger charge is -2.11. The van der Waals surface area contributed by atoms with Gasteiger partial charge in [0.2, 0.25) is 0 Å². The molecule has 15 heavy (non-hydrogen) atoms. The van der Waals surface area contributed by atoms with Crippen molar-refractivity contribution in [2.75, 3.05) is 0 Å². The highest BCUT2D eigenvalue weighted by Gasteiger charge is 2.08. The third-order valence-corrected chi connectivity index (χ3v) is 2.60. The first kappa shape index (κ1) is 12.5. The highest BCUT2D eigenvalue weighted by molar-refractivity contribution is 6.29. The van der Waals surface area contributed by atoms with E-state index in [0.29, 0.717) is 11.1 Å². The Labute approximate surface area is 96.3 Å². The van der Waals surface area contributed by atoms with Crippen LogP contribution in [0.3, 0.4) is 0 Å². The van der Waals surface area contributed by atoms with Gasteiger partial charge in [-0.2, -0.15) is 0 Å². The van der Waals surface area contributed by atoms with Gasteiger partial charge in [-0.25, -0.2) is 4.98 Å². The third-order valence-electron chi connectivity index (χ3n) is 2.39. The van der Waals surface area contributed by atoms with E-state index in [-0.39, 0.29) is 0 Å². The van der Waals surface area contributed by atoms with Crippen molar-refractivity contribution in [3.05, 3.63) is 29.0 Å². The molecule has 0 aliphatic rings. The van der Waals surface area contributed by atoms with Gasteiger partial charge < -0.3 is 5.11 Å². The standard InChI is InChI=1S/C12H18ClNO/c1-9(2)4-3-5-11(15)10-6-7-14-12(13)8-10/h6-9,11,15H,3-5H2,1-2H3. The van der Waals surface area contributed by atoms with E-state index in [4.69, 9.17) is 11.6 Å². The van der Waals surface area contributed by atoms with Crippen LogP contribution in [-0.2, 0) is 0 Å². The number of nitrogens with zero attached hydrogens (tertiary/aromatic N) is 1. The summed E-state index contributed by atoms with van der Waals surface area (Å²) in [6.07, 6.45) is 4.19. The summed E-state index contributed by atoms with van der Waals surface area (Å²) in [6.45, 7) is 4.38. The molecule has 84 valence electrons. The maximum Gasteiger partial charge on any atom is 0.129 e. The number of rotatable bonds is 5. The van der Waals surface area contributed by atoms with Gasteiger partial charge in [-0.3, -0.25) is 0 Å². The lowest BCUT2D eigenvalue weighted by atomic mass is 10.0. The first-order chi connectivity index (χ1) is 7.09. The van der Waals surface area contributed by atoms with E-state index in [1.54, 1.807) is 12.3 Å². The molecule has 1 N–H and O–H groups in total. The van der Waals surface area contributed by atoms with E-state index in [2.05, 4.69) is 18.8 Å². The van der Waals surface area contributed by atoms with Gasteiger partial charge in [0.1, 0.15) is 5.15 Å². The van der Waals surface area contributed by atoms with Crippen molar-refractivity contribution in [2.24, 2.45) is 5.92 Å². The Kier molecular flexibility index (Phi) is 5.06. The number of hydrogen-bond donors (Lipinski definition) is 1. The molecule has 0 bridgehead atoms. The fourth-order valence-electron chi connectivity index (χ4n) is 1.51. The Morgan fingerprint density at radius 3 is 2.73 bits per heavy atom. The molecule has 1 aromatic heterocycles. The molecule has 1 atom stereocenters. The number of halogens is 1. The van der Waals surface area contributed by atoms with Crippen molar-refractivity contribution >= 4 is 11.6 Å². The second-order valence-corrected chi connectivity index (χ2v) is 4.64. The fraction of sp³-hybridized carbons (Fsp3) is 0.583. The first-order valence-corrected chi connectivity index (χ1v) is 5.77. The van der Waals surface area contributed by atoms with Crippen LogP contribution in [0.2, 0.25) is 5.15 Å². The predicted octanol–water partition coefficient (Wildman–Crippen LogP) is 3.59. The molecule has 0 aromatic carbocycles. The molecule has 0 radical (unpaired) electrons. The summed E-state index contributed by atoms with van der Waals surface area (Å²) in [5.41, 5.74) is 0.860. The minimum absolute atomic E-state index is 0.413. The lowest BCUT2D eigenvalue weighted by Crippen LogP contribution is -1.99. The summed E-state index contributed by atoms with van der Waals surface area (Å²) in [4.78, 5) is 3.89. The molecular weight excluding hydrogens is 210 g/mol. The molecule has 3 heteroatoms. The zero-order valence-electron chi connectivity index (χ0n) is 9.28. The van der Waals surface area contributed by atoms with Gasteiger partial charge in [0.15, 0.2) is 0 Å². The summed E-state index contributed by atoms with van der Waals surface area (Å²) in [6, 6.07) is 3.54. The van der Waals surface area contributed by atoms with Crippen LogP contribution >= 0.6 is 11.6 Å². The Morgan fingerprint density at radius 2 is 2.13 bits per heavy atom. The molecule has 1 rings (SSSR count). The van der Waals surface area contributed by atoms with E-state index in [9.17, 15) is 5.11 Å². The van der Waals surface area contributed by atoms with Gasteiger partial charge in [0.05, 0.1) is 6.10 Å². The number of aliphatic hydroxyl groups is 1. The van der Waals surface area contributed by atoms with Gasteiger partial charge in [0, 0.05) is 6.20 Å². The fourth-order valence-corrected chi connectivity index (χ4v) is 1.69. The number of pyridine rings is 1. The largest absolute Gasteiger partial charge is 0.388 e. The van der Waals surface area contributed by atoms with Crippen molar-refractivity contribution < 1.29 is 5.11 Å². The molecule has 1 unspecified atom stereocenters. The molecular formula is C12H18ClNO. The van der Waals surface area contributed by atoms with Gasteiger partial charge in [-0.15, -0.1) is 0 Å². The van der Waals surface area contributed by atoms with Crippen LogP contribution in [0, 0.1) is 5.92 Å². The van der Waals surface area contributed by atoms with Crippen molar-refractivity contribution in [1.29, 1.82) is 0 Å². The molecule has 2 nitrogen and oxygen atoms in total. The van der Waals surface area contributed by atoms with Gasteiger partial charge >= 0.3 is 0 Å². The second-order valence-electron chi connectivity index (χ2n) is 4.25. The zero-order valence-corrected chi connectivity index (χ0v) is 10.0. The summed E-state index contributed by atoms with van der Waals surface area (Å²) in [5.74, 6) is 0.693. The molecule has 1 aromatic rings. The molecule has 0 fully saturated rings. The summed E-state index contributed by atoms with van der Waals surface area (Å²) in [7, 11) is 0. The highest BCUT2D eigenvalue weighted by Crippen LogP contribution is 2.21. The number of hydrogen-bond acceptors (Lipinski definition) is 2. The van der Waals surface area contributed by atoms with E-state index in [0.717, 1.165) is 24.8 Å². The quantitative estimate of drug-likeness (QED) is 0.780. The zero-order chi connectivity index (χ0) is 11.3. The average molecular weight is 228 g/mol. The van der Waals surface area contributed by atoms with Crippen molar-refractivity contribution in [1.82, 2.24) is 4.98 Å². The molecule has 0 spiro atoms. The van der Waals surface area contributed by atoms with E-state index in [1.807, 2.05) is 6.07 Å². The van der Waals surface area contributed by atoms with Crippen molar-refractivity contribution in [3.63, 3.8) is 0 Å². The molecule has 1 heterocycles. The van der Waals surface area contributed by atoms with Crippen LogP contribution in [0.4, 0.5) is 0 Å². The van der Waals surface area contributed by atoms with Crippen LogP contribution in [0.25, 0.3) is 0 Å². The lowest BCUT2D eigenvalue weighted by molar-refractivity contribution is 0.162. The third kappa shape index (κ3) is 4.63. The van der Waals surface area contributed by atoms with E-state index in [1.165, 1.54) is 0 Å². The molecule has 0 saturated heterocycles. The van der Waals surface area contributed by atoms with Crippen molar-refractivity contribution in [3.8, 4) is 0 Å².